The Labute approximate surface area is 90.1 Å². The number of amides is 1. The van der Waals surface area contributed by atoms with Crippen molar-refractivity contribution in [1.82, 2.24) is 5.32 Å². The maximum Gasteiger partial charge on any atom is 0.303 e. The summed E-state index contributed by atoms with van der Waals surface area (Å²) in [7, 11) is 0. The number of carbonyl (C=O) groups is 2. The highest BCUT2D eigenvalue weighted by Crippen LogP contribution is 2.06. The van der Waals surface area contributed by atoms with Crippen LogP contribution < -0.4 is 5.32 Å². The minimum absolute atomic E-state index is 0.0299. The van der Waals surface area contributed by atoms with Gasteiger partial charge in [-0.15, -0.1) is 11.8 Å². The lowest BCUT2D eigenvalue weighted by atomic mass is 10.0. The zero-order chi connectivity index (χ0) is 11.7. The first-order valence-corrected chi connectivity index (χ1v) is 4.94. The summed E-state index contributed by atoms with van der Waals surface area (Å²) >= 11 is 0. The Balaban J connectivity index is 3.62. The second-order valence-corrected chi connectivity index (χ2v) is 3.43. The maximum absolute atomic E-state index is 11.2. The summed E-state index contributed by atoms with van der Waals surface area (Å²) in [5, 5.41) is 11.2. The Morgan fingerprint density at radius 3 is 2.60 bits per heavy atom. The Morgan fingerprint density at radius 1 is 1.40 bits per heavy atom. The van der Waals surface area contributed by atoms with Crippen LogP contribution in [0.5, 0.6) is 0 Å². The van der Waals surface area contributed by atoms with Gasteiger partial charge in [0.15, 0.2) is 0 Å². The van der Waals surface area contributed by atoms with Crippen molar-refractivity contribution in [1.29, 1.82) is 0 Å². The minimum Gasteiger partial charge on any atom is -0.481 e. The summed E-state index contributed by atoms with van der Waals surface area (Å²) in [6.45, 7) is 4.02. The maximum atomic E-state index is 11.2. The van der Waals surface area contributed by atoms with Gasteiger partial charge in [-0.2, -0.15) is 0 Å². The van der Waals surface area contributed by atoms with Crippen LogP contribution in [-0.2, 0) is 9.59 Å². The third-order valence-corrected chi connectivity index (χ3v) is 1.81. The van der Waals surface area contributed by atoms with Crippen molar-refractivity contribution < 1.29 is 14.7 Å². The summed E-state index contributed by atoms with van der Waals surface area (Å²) in [6, 6.07) is 0. The SMILES string of the molecule is CC#CCCNC(=O)CC(C)CC(=O)O. The predicted molar refractivity (Wildman–Crippen MR) is 57.1 cm³/mol. The first-order valence-electron chi connectivity index (χ1n) is 4.94. The Kier molecular flexibility index (Phi) is 7.08. The molecule has 1 unspecified atom stereocenters. The van der Waals surface area contributed by atoms with Gasteiger partial charge >= 0.3 is 5.97 Å². The molecule has 4 heteroatoms. The zero-order valence-electron chi connectivity index (χ0n) is 9.17. The lowest BCUT2D eigenvalue weighted by molar-refractivity contribution is -0.138. The monoisotopic (exact) mass is 211 g/mol. The fourth-order valence-corrected chi connectivity index (χ4v) is 1.15. The molecule has 0 aromatic carbocycles. The summed E-state index contributed by atoms with van der Waals surface area (Å²) in [4.78, 5) is 21.6. The van der Waals surface area contributed by atoms with Gasteiger partial charge in [0, 0.05) is 25.8 Å². The minimum atomic E-state index is -0.868. The third kappa shape index (κ3) is 8.82. The number of carboxylic acids is 1. The molecule has 0 bridgehead atoms. The van der Waals surface area contributed by atoms with Crippen molar-refractivity contribution in [3.8, 4) is 11.8 Å². The van der Waals surface area contributed by atoms with Crippen LogP contribution in [-0.4, -0.2) is 23.5 Å². The second-order valence-electron chi connectivity index (χ2n) is 3.43. The van der Waals surface area contributed by atoms with E-state index in [0.29, 0.717) is 13.0 Å². The van der Waals surface area contributed by atoms with Crippen LogP contribution in [0.25, 0.3) is 0 Å². The van der Waals surface area contributed by atoms with Gasteiger partial charge in [-0.3, -0.25) is 9.59 Å². The molecule has 2 N–H and O–H groups in total. The van der Waals surface area contributed by atoms with E-state index < -0.39 is 5.97 Å². The van der Waals surface area contributed by atoms with Crippen LogP contribution in [0.15, 0.2) is 0 Å². The molecule has 0 fully saturated rings. The van der Waals surface area contributed by atoms with Gasteiger partial charge in [0.2, 0.25) is 5.91 Å². The van der Waals surface area contributed by atoms with Crippen molar-refractivity contribution in [3.05, 3.63) is 0 Å². The number of hydrogen-bond acceptors (Lipinski definition) is 2. The van der Waals surface area contributed by atoms with Gasteiger partial charge in [0.25, 0.3) is 0 Å². The summed E-state index contributed by atoms with van der Waals surface area (Å²) < 4.78 is 0. The predicted octanol–water partition coefficient (Wildman–Crippen LogP) is 1.02. The van der Waals surface area contributed by atoms with Crippen LogP contribution in [0, 0.1) is 17.8 Å². The van der Waals surface area contributed by atoms with Crippen LogP contribution in [0.4, 0.5) is 0 Å². The molecule has 1 amide bonds. The average Bonchev–Trinajstić information content (AvgIpc) is 2.10. The second kappa shape index (κ2) is 7.86. The molecule has 0 heterocycles. The van der Waals surface area contributed by atoms with E-state index in [2.05, 4.69) is 17.2 Å². The summed E-state index contributed by atoms with van der Waals surface area (Å²) in [5.41, 5.74) is 0. The van der Waals surface area contributed by atoms with Crippen LogP contribution >= 0.6 is 0 Å². The molecule has 0 rings (SSSR count). The van der Waals surface area contributed by atoms with Crippen molar-refractivity contribution in [2.24, 2.45) is 5.92 Å². The van der Waals surface area contributed by atoms with Gasteiger partial charge in [0.1, 0.15) is 0 Å². The van der Waals surface area contributed by atoms with Crippen LogP contribution in [0.2, 0.25) is 0 Å². The Hall–Kier alpha value is -1.50. The number of aliphatic carboxylic acids is 1. The fourth-order valence-electron chi connectivity index (χ4n) is 1.15. The van der Waals surface area contributed by atoms with E-state index in [1.165, 1.54) is 0 Å². The highest BCUT2D eigenvalue weighted by atomic mass is 16.4. The molecule has 0 aromatic rings. The highest BCUT2D eigenvalue weighted by molar-refractivity contribution is 5.77. The van der Waals surface area contributed by atoms with E-state index in [0.717, 1.165) is 0 Å². The average molecular weight is 211 g/mol. The van der Waals surface area contributed by atoms with Crippen molar-refractivity contribution in [2.45, 2.75) is 33.1 Å². The van der Waals surface area contributed by atoms with E-state index in [1.807, 2.05) is 0 Å². The number of carboxylic acid groups (broad SMARTS) is 1. The molecule has 0 aromatic heterocycles. The van der Waals surface area contributed by atoms with E-state index in [1.54, 1.807) is 13.8 Å². The highest BCUT2D eigenvalue weighted by Gasteiger charge is 2.11. The van der Waals surface area contributed by atoms with Gasteiger partial charge in [-0.1, -0.05) is 6.92 Å². The molecule has 15 heavy (non-hydrogen) atoms. The van der Waals surface area contributed by atoms with Crippen LogP contribution in [0.3, 0.4) is 0 Å². The van der Waals surface area contributed by atoms with E-state index in [-0.39, 0.29) is 24.7 Å². The number of rotatable bonds is 6. The summed E-state index contributed by atoms with van der Waals surface area (Å²) in [6.07, 6.45) is 0.920. The molecular weight excluding hydrogens is 194 g/mol. The largest absolute Gasteiger partial charge is 0.481 e. The zero-order valence-corrected chi connectivity index (χ0v) is 9.17. The van der Waals surface area contributed by atoms with E-state index in [9.17, 15) is 9.59 Å². The smallest absolute Gasteiger partial charge is 0.303 e. The third-order valence-electron chi connectivity index (χ3n) is 1.81. The molecule has 1 atom stereocenters. The lowest BCUT2D eigenvalue weighted by Crippen LogP contribution is -2.26. The number of carbonyl (C=O) groups excluding carboxylic acids is 1. The molecule has 4 nitrogen and oxygen atoms in total. The standard InChI is InChI=1S/C11H17NO3/c1-3-4-5-6-12-10(13)7-9(2)8-11(14)15/h9H,5-8H2,1-2H3,(H,12,13)(H,14,15). The van der Waals surface area contributed by atoms with Gasteiger partial charge < -0.3 is 10.4 Å². The molecule has 0 saturated heterocycles. The van der Waals surface area contributed by atoms with Crippen molar-refractivity contribution in [3.63, 3.8) is 0 Å². The topological polar surface area (TPSA) is 66.4 Å². The number of hydrogen-bond donors (Lipinski definition) is 2. The van der Waals surface area contributed by atoms with Crippen molar-refractivity contribution in [2.75, 3.05) is 6.54 Å². The Bertz CT molecular complexity index is 275. The molecule has 0 aliphatic rings. The van der Waals surface area contributed by atoms with E-state index >= 15 is 0 Å². The van der Waals surface area contributed by atoms with Gasteiger partial charge in [0.05, 0.1) is 0 Å². The lowest BCUT2D eigenvalue weighted by Gasteiger charge is -2.08. The summed E-state index contributed by atoms with van der Waals surface area (Å²) in [5.74, 6) is 4.46. The van der Waals surface area contributed by atoms with E-state index in [4.69, 9.17) is 5.11 Å². The molecular formula is C11H17NO3. The molecule has 0 saturated carbocycles. The first kappa shape index (κ1) is 13.5. The molecule has 0 spiro atoms. The first-order chi connectivity index (χ1) is 7.06. The quantitative estimate of drug-likeness (QED) is 0.509. The molecule has 0 aliphatic carbocycles. The molecule has 0 radical (unpaired) electrons. The Morgan fingerprint density at radius 2 is 2.07 bits per heavy atom. The van der Waals surface area contributed by atoms with Crippen LogP contribution in [0.1, 0.15) is 33.1 Å². The van der Waals surface area contributed by atoms with Gasteiger partial charge in [-0.05, 0) is 12.8 Å². The number of nitrogens with one attached hydrogen (secondary N) is 1. The van der Waals surface area contributed by atoms with Gasteiger partial charge in [-0.25, -0.2) is 0 Å². The van der Waals surface area contributed by atoms with Crippen molar-refractivity contribution >= 4 is 11.9 Å². The normalized spacial score (nSPS) is 11.1. The molecule has 84 valence electrons. The fraction of sp³-hybridized carbons (Fsp3) is 0.636. The molecule has 0 aliphatic heterocycles.